The van der Waals surface area contributed by atoms with Crippen molar-refractivity contribution in [1.82, 2.24) is 9.97 Å². The average molecular weight is 400 g/mol. The van der Waals surface area contributed by atoms with Crippen molar-refractivity contribution in [3.63, 3.8) is 0 Å². The Kier molecular flexibility index (Phi) is 5.08. The summed E-state index contributed by atoms with van der Waals surface area (Å²) in [6, 6.07) is 0. The van der Waals surface area contributed by atoms with Crippen LogP contribution in [0.2, 0.25) is 0 Å². The highest BCUT2D eigenvalue weighted by Crippen LogP contribution is 2.41. The van der Waals surface area contributed by atoms with E-state index < -0.39 is 0 Å². The smallest absolute Gasteiger partial charge is 0.187 e. The van der Waals surface area contributed by atoms with Crippen molar-refractivity contribution in [2.75, 3.05) is 31.1 Å². The SMILES string of the molecule is CC1CC[NH+](Cc2nc(N3C[C@H](C)C[C@H](C)C3)c3c4c(sc3n2)CCC4)CC1. The summed E-state index contributed by atoms with van der Waals surface area (Å²) in [6.07, 6.45) is 7.81. The third-order valence-corrected chi connectivity index (χ3v) is 8.34. The molecule has 2 atom stereocenters. The summed E-state index contributed by atoms with van der Waals surface area (Å²) in [5.74, 6) is 4.73. The maximum Gasteiger partial charge on any atom is 0.187 e. The molecular weight excluding hydrogens is 364 g/mol. The van der Waals surface area contributed by atoms with E-state index in [2.05, 4.69) is 25.7 Å². The molecule has 0 unspecified atom stereocenters. The molecule has 28 heavy (non-hydrogen) atoms. The van der Waals surface area contributed by atoms with Gasteiger partial charge in [0.1, 0.15) is 17.2 Å². The molecular formula is C23H35N4S+. The van der Waals surface area contributed by atoms with E-state index in [1.165, 1.54) is 67.6 Å². The van der Waals surface area contributed by atoms with Crippen LogP contribution in [0.3, 0.4) is 0 Å². The second-order valence-corrected chi connectivity index (χ2v) is 11.0. The zero-order valence-electron chi connectivity index (χ0n) is 17.8. The molecule has 152 valence electrons. The number of rotatable bonds is 3. The van der Waals surface area contributed by atoms with E-state index in [9.17, 15) is 0 Å². The number of aromatic nitrogens is 2. The van der Waals surface area contributed by atoms with Gasteiger partial charge in [-0.1, -0.05) is 20.8 Å². The molecule has 4 heterocycles. The highest BCUT2D eigenvalue weighted by Gasteiger charge is 2.29. The largest absolute Gasteiger partial charge is 0.355 e. The number of fused-ring (bicyclic) bond motifs is 3. The Bertz CT molecular complexity index is 842. The third-order valence-electron chi connectivity index (χ3n) is 7.15. The van der Waals surface area contributed by atoms with Gasteiger partial charge in [0, 0.05) is 18.0 Å². The van der Waals surface area contributed by atoms with Crippen molar-refractivity contribution in [1.29, 1.82) is 0 Å². The van der Waals surface area contributed by atoms with Gasteiger partial charge in [-0.15, -0.1) is 11.3 Å². The minimum absolute atomic E-state index is 0.748. The first kappa shape index (κ1) is 18.8. The molecule has 0 amide bonds. The molecule has 2 fully saturated rings. The van der Waals surface area contributed by atoms with Crippen molar-refractivity contribution in [2.45, 2.75) is 65.8 Å². The van der Waals surface area contributed by atoms with Crippen LogP contribution in [0, 0.1) is 17.8 Å². The normalized spacial score (nSPS) is 30.8. The van der Waals surface area contributed by atoms with Gasteiger partial charge in [-0.2, -0.15) is 0 Å². The monoisotopic (exact) mass is 399 g/mol. The summed E-state index contributed by atoms with van der Waals surface area (Å²) < 4.78 is 0. The number of anilines is 1. The van der Waals surface area contributed by atoms with E-state index in [0.717, 1.165) is 43.2 Å². The maximum absolute atomic E-state index is 5.26. The summed E-state index contributed by atoms with van der Waals surface area (Å²) in [5.41, 5.74) is 1.58. The lowest BCUT2D eigenvalue weighted by Crippen LogP contribution is -3.11. The second kappa shape index (κ2) is 7.56. The number of piperidine rings is 2. The molecule has 2 aromatic heterocycles. The average Bonchev–Trinajstić information content (AvgIpc) is 3.23. The Hall–Kier alpha value is -1.20. The van der Waals surface area contributed by atoms with Crippen LogP contribution < -0.4 is 9.80 Å². The summed E-state index contributed by atoms with van der Waals surface area (Å²) in [5, 5.41) is 1.41. The molecule has 3 aliphatic rings. The Morgan fingerprint density at radius 3 is 2.50 bits per heavy atom. The summed E-state index contributed by atoms with van der Waals surface area (Å²) in [6.45, 7) is 13.0. The minimum Gasteiger partial charge on any atom is -0.355 e. The van der Waals surface area contributed by atoms with Gasteiger partial charge in [0.25, 0.3) is 0 Å². The predicted octanol–water partition coefficient (Wildman–Crippen LogP) is 3.48. The highest BCUT2D eigenvalue weighted by atomic mass is 32.1. The summed E-state index contributed by atoms with van der Waals surface area (Å²) >= 11 is 1.96. The Labute approximate surface area is 173 Å². The van der Waals surface area contributed by atoms with Gasteiger partial charge in [-0.3, -0.25) is 0 Å². The van der Waals surface area contributed by atoms with Crippen molar-refractivity contribution in [3.8, 4) is 0 Å². The fourth-order valence-corrected chi connectivity index (χ4v) is 7.01. The molecule has 5 rings (SSSR count). The van der Waals surface area contributed by atoms with Crippen LogP contribution in [-0.2, 0) is 19.4 Å². The van der Waals surface area contributed by atoms with Crippen molar-refractivity contribution in [3.05, 3.63) is 16.3 Å². The van der Waals surface area contributed by atoms with Crippen molar-refractivity contribution in [2.24, 2.45) is 17.8 Å². The number of aryl methyl sites for hydroxylation is 2. The predicted molar refractivity (Wildman–Crippen MR) is 117 cm³/mol. The van der Waals surface area contributed by atoms with Crippen molar-refractivity contribution < 1.29 is 4.90 Å². The molecule has 4 nitrogen and oxygen atoms in total. The molecule has 0 bridgehead atoms. The van der Waals surface area contributed by atoms with E-state index in [-0.39, 0.29) is 0 Å². The quantitative estimate of drug-likeness (QED) is 0.858. The van der Waals surface area contributed by atoms with E-state index in [0.29, 0.717) is 0 Å². The van der Waals surface area contributed by atoms with Crippen LogP contribution in [-0.4, -0.2) is 36.1 Å². The van der Waals surface area contributed by atoms with E-state index in [1.54, 1.807) is 15.3 Å². The molecule has 2 saturated heterocycles. The molecule has 5 heteroatoms. The molecule has 2 aromatic rings. The van der Waals surface area contributed by atoms with Crippen LogP contribution in [0.25, 0.3) is 10.2 Å². The summed E-state index contributed by atoms with van der Waals surface area (Å²) in [7, 11) is 0. The molecule has 0 spiro atoms. The van der Waals surface area contributed by atoms with Gasteiger partial charge in [0.2, 0.25) is 0 Å². The maximum atomic E-state index is 5.26. The topological polar surface area (TPSA) is 33.5 Å². The first-order chi connectivity index (χ1) is 13.6. The van der Waals surface area contributed by atoms with Gasteiger partial charge in [0.05, 0.1) is 18.5 Å². The lowest BCUT2D eigenvalue weighted by Gasteiger charge is -2.36. The van der Waals surface area contributed by atoms with Crippen LogP contribution in [0.5, 0.6) is 0 Å². The van der Waals surface area contributed by atoms with Gasteiger partial charge in [-0.05, 0) is 61.8 Å². The van der Waals surface area contributed by atoms with Crippen LogP contribution in [0.1, 0.15) is 62.7 Å². The zero-order valence-corrected chi connectivity index (χ0v) is 18.6. The van der Waals surface area contributed by atoms with Crippen LogP contribution in [0.4, 0.5) is 5.82 Å². The van der Waals surface area contributed by atoms with Gasteiger partial charge in [0.15, 0.2) is 5.82 Å². The Morgan fingerprint density at radius 1 is 1.00 bits per heavy atom. The third kappa shape index (κ3) is 3.56. The summed E-state index contributed by atoms with van der Waals surface area (Å²) in [4.78, 5) is 17.5. The molecule has 0 saturated carbocycles. The lowest BCUT2D eigenvalue weighted by molar-refractivity contribution is -0.920. The van der Waals surface area contributed by atoms with E-state index in [1.807, 2.05) is 11.3 Å². The number of nitrogens with one attached hydrogen (secondary N) is 1. The van der Waals surface area contributed by atoms with Crippen LogP contribution in [0.15, 0.2) is 0 Å². The number of hydrogen-bond donors (Lipinski definition) is 1. The first-order valence-electron chi connectivity index (χ1n) is 11.5. The molecule has 0 radical (unpaired) electrons. The van der Waals surface area contributed by atoms with Crippen LogP contribution >= 0.6 is 11.3 Å². The van der Waals surface area contributed by atoms with Crippen molar-refractivity contribution >= 4 is 27.4 Å². The molecule has 1 aliphatic carbocycles. The molecule has 1 N–H and O–H groups in total. The number of hydrogen-bond acceptors (Lipinski definition) is 4. The number of thiophene rings is 1. The number of quaternary nitrogens is 1. The molecule has 0 aromatic carbocycles. The fraction of sp³-hybridized carbons (Fsp3) is 0.739. The standard InChI is InChI=1S/C23H34N4S/c1-15-7-9-26(10-8-15)14-20-24-22(27-12-16(2)11-17(3)13-27)21-18-5-4-6-19(18)28-23(21)25-20/h15-17H,4-14H2,1-3H3/p+1/t16-,17+. The fourth-order valence-electron chi connectivity index (χ4n) is 5.73. The Balaban J connectivity index is 1.52. The minimum atomic E-state index is 0.748. The second-order valence-electron chi connectivity index (χ2n) is 9.96. The molecule has 2 aliphatic heterocycles. The van der Waals surface area contributed by atoms with E-state index >= 15 is 0 Å². The first-order valence-corrected chi connectivity index (χ1v) is 12.3. The Morgan fingerprint density at radius 2 is 1.75 bits per heavy atom. The number of likely N-dealkylation sites (tertiary alicyclic amines) is 1. The van der Waals surface area contributed by atoms with Gasteiger partial charge in [-0.25, -0.2) is 9.97 Å². The zero-order chi connectivity index (χ0) is 19.3. The number of nitrogens with zero attached hydrogens (tertiary/aromatic N) is 3. The highest BCUT2D eigenvalue weighted by molar-refractivity contribution is 7.19. The van der Waals surface area contributed by atoms with E-state index in [4.69, 9.17) is 9.97 Å². The lowest BCUT2D eigenvalue weighted by atomic mass is 9.91. The van der Waals surface area contributed by atoms with Gasteiger partial charge >= 0.3 is 0 Å². The van der Waals surface area contributed by atoms with Gasteiger partial charge < -0.3 is 9.80 Å².